The fraction of sp³-hybridized carbons (Fsp3) is 0.263. The van der Waals surface area contributed by atoms with Gasteiger partial charge in [-0.15, -0.1) is 4.52 Å². The third kappa shape index (κ3) is 2.13. The Labute approximate surface area is 148 Å². The highest BCUT2D eigenvalue weighted by atomic mass is 16.5. The molecule has 0 atom stereocenters. The van der Waals surface area contributed by atoms with E-state index >= 15 is 0 Å². The molecule has 0 aliphatic heterocycles. The molecule has 5 rings (SSSR count). The van der Waals surface area contributed by atoms with Gasteiger partial charge >= 0.3 is 5.78 Å². The molecule has 0 unspecified atom stereocenters. The van der Waals surface area contributed by atoms with Gasteiger partial charge in [-0.05, 0) is 31.0 Å². The van der Waals surface area contributed by atoms with Crippen molar-refractivity contribution in [2.75, 3.05) is 7.11 Å². The number of ether oxygens (including phenoxy) is 1. The number of para-hydroxylation sites is 1. The Morgan fingerprint density at radius 3 is 2.81 bits per heavy atom. The molecule has 0 spiro atoms. The molecular weight excluding hydrogens is 330 g/mol. The number of nitrogens with zero attached hydrogens (tertiary/aromatic N) is 4. The fourth-order valence-corrected chi connectivity index (χ4v) is 3.48. The summed E-state index contributed by atoms with van der Waals surface area (Å²) in [7, 11) is 1.63. The van der Waals surface area contributed by atoms with Crippen LogP contribution in [0.15, 0.2) is 41.3 Å². The predicted molar refractivity (Wildman–Crippen MR) is 96.3 cm³/mol. The normalized spacial score (nSPS) is 14.2. The molecule has 3 aromatic heterocycles. The van der Waals surface area contributed by atoms with Crippen LogP contribution < -0.4 is 14.8 Å². The van der Waals surface area contributed by atoms with Gasteiger partial charge < -0.3 is 9.30 Å². The molecule has 0 bridgehead atoms. The summed E-state index contributed by atoms with van der Waals surface area (Å²) in [4.78, 5) is 22.3. The molecule has 0 radical (unpaired) electrons. The number of hydrogen-bond donors (Lipinski definition) is 1. The van der Waals surface area contributed by atoms with Crippen LogP contribution in [0.4, 0.5) is 0 Å². The third-order valence-corrected chi connectivity index (χ3v) is 4.82. The zero-order chi connectivity index (χ0) is 17.8. The summed E-state index contributed by atoms with van der Waals surface area (Å²) in [6.07, 6.45) is 3.93. The fourth-order valence-electron chi connectivity index (χ4n) is 3.48. The molecule has 4 aromatic rings. The van der Waals surface area contributed by atoms with E-state index in [1.807, 2.05) is 48.0 Å². The molecule has 0 amide bonds. The highest BCUT2D eigenvalue weighted by Crippen LogP contribution is 2.35. The van der Waals surface area contributed by atoms with Crippen LogP contribution in [0.3, 0.4) is 0 Å². The van der Waals surface area contributed by atoms with Gasteiger partial charge in [-0.3, -0.25) is 4.79 Å². The molecule has 130 valence electrons. The Hall–Kier alpha value is -3.22. The number of aromatic amines is 1. The summed E-state index contributed by atoms with van der Waals surface area (Å²) < 4.78 is 9.15. The zero-order valence-electron chi connectivity index (χ0n) is 14.6. The van der Waals surface area contributed by atoms with Gasteiger partial charge in [0.05, 0.1) is 12.7 Å². The van der Waals surface area contributed by atoms with E-state index in [1.54, 1.807) is 11.6 Å². The van der Waals surface area contributed by atoms with Crippen LogP contribution in [0.2, 0.25) is 0 Å². The van der Waals surface area contributed by atoms with Crippen molar-refractivity contribution in [3.63, 3.8) is 0 Å². The number of aromatic nitrogens is 5. The van der Waals surface area contributed by atoms with Crippen LogP contribution in [-0.2, 0) is 0 Å². The quantitative estimate of drug-likeness (QED) is 0.576. The van der Waals surface area contributed by atoms with E-state index in [1.165, 1.54) is 0 Å². The number of benzene rings is 1. The van der Waals surface area contributed by atoms with Gasteiger partial charge in [0.25, 0.3) is 5.56 Å². The first-order chi connectivity index (χ1) is 12.7. The maximum Gasteiger partial charge on any atom is 0.458 e. The predicted octanol–water partition coefficient (Wildman–Crippen LogP) is 2.18. The molecule has 1 aliphatic carbocycles. The van der Waals surface area contributed by atoms with Crippen molar-refractivity contribution >= 4 is 16.7 Å². The summed E-state index contributed by atoms with van der Waals surface area (Å²) >= 11 is 0. The highest BCUT2D eigenvalue weighted by Gasteiger charge is 2.29. The van der Waals surface area contributed by atoms with Gasteiger partial charge in [-0.1, -0.05) is 22.1 Å². The second kappa shape index (κ2) is 5.39. The molecule has 7 heteroatoms. The Balaban J connectivity index is 1.99. The lowest BCUT2D eigenvalue weighted by Gasteiger charge is -2.10. The van der Waals surface area contributed by atoms with E-state index < -0.39 is 0 Å². The van der Waals surface area contributed by atoms with Crippen LogP contribution in [0, 0.1) is 6.92 Å². The van der Waals surface area contributed by atoms with Gasteiger partial charge in [0, 0.05) is 19.2 Å². The van der Waals surface area contributed by atoms with Gasteiger partial charge in [0.2, 0.25) is 5.82 Å². The molecule has 26 heavy (non-hydrogen) atoms. The second-order valence-corrected chi connectivity index (χ2v) is 6.62. The van der Waals surface area contributed by atoms with Crippen molar-refractivity contribution < 1.29 is 9.25 Å². The highest BCUT2D eigenvalue weighted by molar-refractivity contribution is 5.92. The van der Waals surface area contributed by atoms with Gasteiger partial charge in [-0.2, -0.15) is 0 Å². The minimum atomic E-state index is -0.0277. The van der Waals surface area contributed by atoms with E-state index in [2.05, 4.69) is 15.1 Å². The summed E-state index contributed by atoms with van der Waals surface area (Å²) in [5.74, 6) is 1.95. The number of rotatable bonds is 3. The molecule has 1 fully saturated rings. The lowest BCUT2D eigenvalue weighted by atomic mass is 10.1. The van der Waals surface area contributed by atoms with Crippen LogP contribution in [-0.4, -0.2) is 26.7 Å². The number of pyridine rings is 1. The largest absolute Gasteiger partial charge is 0.496 e. The standard InChI is InChI=1S/C19H17N5O2/c1-11-20-19-21-14-9-10-23(12-7-8-12)18(25)16(14)17(24(19)22-11)13-5-3-4-6-15(13)26-2/h3-6,9-10,12H,7-8H2,1-2H3/p+1. The van der Waals surface area contributed by atoms with Crippen LogP contribution in [0.25, 0.3) is 27.9 Å². The number of H-pyrrole nitrogens is 1. The molecule has 3 heterocycles. The average Bonchev–Trinajstić information content (AvgIpc) is 3.41. The Morgan fingerprint density at radius 1 is 1.23 bits per heavy atom. The molecule has 1 saturated carbocycles. The molecular formula is C19H18N5O2+. The number of hydrogen-bond acceptors (Lipinski definition) is 4. The summed E-state index contributed by atoms with van der Waals surface area (Å²) in [6, 6.07) is 9.87. The zero-order valence-corrected chi connectivity index (χ0v) is 14.6. The maximum absolute atomic E-state index is 13.3. The SMILES string of the molecule is COc1ccccc1-c1c2c(=O)n(C3CC3)ccc2nc2nc(C)[nH][n+]12. The number of methoxy groups -OCH3 is 1. The number of aryl methyl sites for hydroxylation is 1. The van der Waals surface area contributed by atoms with Crippen molar-refractivity contribution in [1.82, 2.24) is 19.6 Å². The summed E-state index contributed by atoms with van der Waals surface area (Å²) in [5.41, 5.74) is 2.16. The first kappa shape index (κ1) is 15.1. The van der Waals surface area contributed by atoms with Crippen LogP contribution in [0.5, 0.6) is 5.75 Å². The lowest BCUT2D eigenvalue weighted by Crippen LogP contribution is -2.32. The maximum atomic E-state index is 13.3. The van der Waals surface area contributed by atoms with Gasteiger partial charge in [0.1, 0.15) is 11.1 Å². The molecule has 0 saturated heterocycles. The van der Waals surface area contributed by atoms with Crippen molar-refractivity contribution in [3.8, 4) is 17.0 Å². The number of fused-ring (bicyclic) bond motifs is 2. The minimum absolute atomic E-state index is 0.0277. The Bertz CT molecular complexity index is 1220. The first-order valence-corrected chi connectivity index (χ1v) is 8.64. The van der Waals surface area contributed by atoms with Crippen LogP contribution in [0.1, 0.15) is 24.7 Å². The smallest absolute Gasteiger partial charge is 0.458 e. The van der Waals surface area contributed by atoms with Gasteiger partial charge in [0.15, 0.2) is 11.2 Å². The first-order valence-electron chi connectivity index (χ1n) is 8.64. The Morgan fingerprint density at radius 2 is 2.04 bits per heavy atom. The van der Waals surface area contributed by atoms with Crippen molar-refractivity contribution in [2.45, 2.75) is 25.8 Å². The second-order valence-electron chi connectivity index (χ2n) is 6.62. The van der Waals surface area contributed by atoms with Gasteiger partial charge in [-0.25, -0.2) is 5.10 Å². The van der Waals surface area contributed by atoms with E-state index in [4.69, 9.17) is 4.74 Å². The monoisotopic (exact) mass is 348 g/mol. The van der Waals surface area contributed by atoms with E-state index in [-0.39, 0.29) is 5.56 Å². The average molecular weight is 348 g/mol. The van der Waals surface area contributed by atoms with E-state index in [9.17, 15) is 4.79 Å². The van der Waals surface area contributed by atoms with Crippen molar-refractivity contribution in [3.05, 3.63) is 52.7 Å². The topological polar surface area (TPSA) is 76.9 Å². The molecule has 1 N–H and O–H groups in total. The van der Waals surface area contributed by atoms with Crippen molar-refractivity contribution in [2.24, 2.45) is 0 Å². The molecule has 7 nitrogen and oxygen atoms in total. The lowest BCUT2D eigenvalue weighted by molar-refractivity contribution is -0.567. The van der Waals surface area contributed by atoms with Crippen molar-refractivity contribution in [1.29, 1.82) is 0 Å². The molecule has 1 aromatic carbocycles. The van der Waals surface area contributed by atoms with E-state index in [0.717, 1.165) is 29.9 Å². The Kier molecular flexibility index (Phi) is 3.12. The van der Waals surface area contributed by atoms with Crippen LogP contribution >= 0.6 is 0 Å². The van der Waals surface area contributed by atoms with E-state index in [0.29, 0.717) is 28.5 Å². The number of nitrogens with one attached hydrogen (secondary N) is 1. The summed E-state index contributed by atoms with van der Waals surface area (Å²) in [6.45, 7) is 1.87. The summed E-state index contributed by atoms with van der Waals surface area (Å²) in [5, 5.41) is 3.77. The minimum Gasteiger partial charge on any atom is -0.496 e. The third-order valence-electron chi connectivity index (χ3n) is 4.82. The molecule has 1 aliphatic rings.